The maximum atomic E-state index is 13.1. The summed E-state index contributed by atoms with van der Waals surface area (Å²) in [6.45, 7) is 3.73. The van der Waals surface area contributed by atoms with E-state index in [0.29, 0.717) is 12.8 Å². The van der Waals surface area contributed by atoms with Gasteiger partial charge in [-0.3, -0.25) is 14.2 Å². The Bertz CT molecular complexity index is 1580. The number of halogens is 2. The van der Waals surface area contributed by atoms with Crippen LogP contribution in [0.25, 0.3) is 0 Å². The first-order valence-electron chi connectivity index (χ1n) is 13.9. The molecular formula is C30H32Cl2N6O6. The Hall–Kier alpha value is -4.42. The number of aliphatic carboxylic acids is 1. The number of anilines is 1. The third-order valence-corrected chi connectivity index (χ3v) is 8.03. The number of rotatable bonds is 9. The molecule has 4 amide bonds. The van der Waals surface area contributed by atoms with Gasteiger partial charge < -0.3 is 26.0 Å². The molecule has 2 aromatic carbocycles. The van der Waals surface area contributed by atoms with Crippen LogP contribution in [0.1, 0.15) is 42.6 Å². The van der Waals surface area contributed by atoms with Crippen LogP contribution in [0.15, 0.2) is 65.6 Å². The Morgan fingerprint density at radius 2 is 1.61 bits per heavy atom. The van der Waals surface area contributed by atoms with Gasteiger partial charge in [-0.25, -0.2) is 14.4 Å². The third kappa shape index (κ3) is 7.56. The van der Waals surface area contributed by atoms with Crippen molar-refractivity contribution in [1.82, 2.24) is 25.1 Å². The van der Waals surface area contributed by atoms with E-state index in [-0.39, 0.29) is 46.3 Å². The minimum Gasteiger partial charge on any atom is -0.480 e. The molecule has 232 valence electrons. The Balaban J connectivity index is 1.41. The second-order valence-corrected chi connectivity index (χ2v) is 11.5. The third-order valence-electron chi connectivity index (χ3n) is 7.40. The quantitative estimate of drug-likeness (QED) is 0.276. The Morgan fingerprint density at radius 1 is 0.977 bits per heavy atom. The minimum atomic E-state index is -1.45. The van der Waals surface area contributed by atoms with Crippen molar-refractivity contribution in [2.45, 2.75) is 44.8 Å². The molecule has 1 fully saturated rings. The Kier molecular flexibility index (Phi) is 10.3. The monoisotopic (exact) mass is 642 g/mol. The molecule has 44 heavy (non-hydrogen) atoms. The summed E-state index contributed by atoms with van der Waals surface area (Å²) in [7, 11) is 0. The maximum absolute atomic E-state index is 13.1. The smallest absolute Gasteiger partial charge is 0.349 e. The van der Waals surface area contributed by atoms with E-state index in [1.807, 2.05) is 44.2 Å². The van der Waals surface area contributed by atoms with Crippen molar-refractivity contribution in [3.05, 3.63) is 92.5 Å². The van der Waals surface area contributed by atoms with Gasteiger partial charge >= 0.3 is 17.7 Å². The zero-order valence-electron chi connectivity index (χ0n) is 24.0. The van der Waals surface area contributed by atoms with Crippen molar-refractivity contribution in [1.29, 1.82) is 0 Å². The molecule has 4 N–H and O–H groups in total. The number of benzene rings is 2. The molecule has 3 aromatic rings. The molecule has 1 atom stereocenters. The van der Waals surface area contributed by atoms with E-state index in [1.54, 1.807) is 6.07 Å². The van der Waals surface area contributed by atoms with Crippen LogP contribution in [0.2, 0.25) is 10.0 Å². The first kappa shape index (κ1) is 32.5. The number of piperidine rings is 1. The highest BCUT2D eigenvalue weighted by molar-refractivity contribution is 6.40. The van der Waals surface area contributed by atoms with Crippen LogP contribution < -0.4 is 21.6 Å². The number of nitrogens with zero attached hydrogens (tertiary/aromatic N) is 3. The van der Waals surface area contributed by atoms with Gasteiger partial charge in [-0.05, 0) is 36.6 Å². The van der Waals surface area contributed by atoms with Crippen LogP contribution >= 0.6 is 23.2 Å². The maximum Gasteiger partial charge on any atom is 0.349 e. The highest BCUT2D eigenvalue weighted by Gasteiger charge is 2.39. The van der Waals surface area contributed by atoms with Gasteiger partial charge in [0.15, 0.2) is 0 Å². The molecule has 4 rings (SSSR count). The zero-order chi connectivity index (χ0) is 32.0. The predicted molar refractivity (Wildman–Crippen MR) is 165 cm³/mol. The summed E-state index contributed by atoms with van der Waals surface area (Å²) in [4.78, 5) is 68.4. The predicted octanol–water partition coefficient (Wildman–Crippen LogP) is 3.73. The number of hydrogen-bond acceptors (Lipinski definition) is 6. The first-order chi connectivity index (χ1) is 20.9. The lowest BCUT2D eigenvalue weighted by Crippen LogP contribution is -2.57. The number of carbonyl (C=O) groups excluding carboxylic acids is 3. The fraction of sp³-hybridized carbons (Fsp3) is 0.333. The molecular weight excluding hydrogens is 611 g/mol. The van der Waals surface area contributed by atoms with Gasteiger partial charge in [-0.2, -0.15) is 4.98 Å². The fourth-order valence-electron chi connectivity index (χ4n) is 4.87. The van der Waals surface area contributed by atoms with Crippen molar-refractivity contribution in [3.63, 3.8) is 0 Å². The van der Waals surface area contributed by atoms with Gasteiger partial charge in [0, 0.05) is 25.2 Å². The summed E-state index contributed by atoms with van der Waals surface area (Å²) in [5, 5.41) is 18.1. The molecule has 0 spiro atoms. The Morgan fingerprint density at radius 3 is 2.18 bits per heavy atom. The average Bonchev–Trinajstić information content (AvgIpc) is 2.98. The summed E-state index contributed by atoms with van der Waals surface area (Å²) >= 11 is 12.1. The van der Waals surface area contributed by atoms with Gasteiger partial charge in [0.25, 0.3) is 5.91 Å². The van der Waals surface area contributed by atoms with E-state index >= 15 is 0 Å². The molecule has 1 saturated heterocycles. The van der Waals surface area contributed by atoms with E-state index in [2.05, 4.69) is 20.9 Å². The normalized spacial score (nSPS) is 14.9. The van der Waals surface area contributed by atoms with E-state index in [0.717, 1.165) is 10.1 Å². The second kappa shape index (κ2) is 13.9. The molecule has 0 bridgehead atoms. The van der Waals surface area contributed by atoms with Crippen molar-refractivity contribution in [3.8, 4) is 0 Å². The van der Waals surface area contributed by atoms with Crippen LogP contribution in [0.3, 0.4) is 0 Å². The topological polar surface area (TPSA) is 163 Å². The number of amides is 4. The van der Waals surface area contributed by atoms with Crippen LogP contribution in [0.4, 0.5) is 10.6 Å². The Labute approximate surface area is 263 Å². The summed E-state index contributed by atoms with van der Waals surface area (Å²) in [6.07, 6.45) is 2.11. The van der Waals surface area contributed by atoms with Crippen molar-refractivity contribution in [2.75, 3.05) is 18.4 Å². The van der Waals surface area contributed by atoms with Gasteiger partial charge in [0.2, 0.25) is 5.91 Å². The van der Waals surface area contributed by atoms with E-state index in [9.17, 15) is 29.1 Å². The lowest BCUT2D eigenvalue weighted by molar-refractivity contribution is -0.139. The highest BCUT2D eigenvalue weighted by Crippen LogP contribution is 2.33. The standard InChI is InChI=1S/C30H32Cl2N6O6/c1-18(2)25(39)36-30(19-7-4-3-5-8-19)12-15-37(16-13-30)28(43)33-22(27(41)42)17-38-14-11-23(35-29(38)44)34-26(40)24-20(31)9-6-10-21(24)32/h3-11,14,18,22H,12-13,15-17H2,1-2H3,(H,33,43)(H,36,39)(H,41,42)(H,34,35,40,44)/t22-/m0/s1. The molecule has 0 radical (unpaired) electrons. The molecule has 12 nitrogen and oxygen atoms in total. The second-order valence-electron chi connectivity index (χ2n) is 10.7. The highest BCUT2D eigenvalue weighted by atomic mass is 35.5. The molecule has 14 heteroatoms. The van der Waals surface area contributed by atoms with Crippen molar-refractivity contribution < 1.29 is 24.3 Å². The van der Waals surface area contributed by atoms with E-state index in [4.69, 9.17) is 23.2 Å². The van der Waals surface area contributed by atoms with Gasteiger partial charge in [0.1, 0.15) is 11.9 Å². The van der Waals surface area contributed by atoms with Crippen molar-refractivity contribution >= 4 is 52.8 Å². The number of carbonyl (C=O) groups is 4. The number of aromatic nitrogens is 2. The van der Waals surface area contributed by atoms with Crippen molar-refractivity contribution in [2.24, 2.45) is 5.92 Å². The van der Waals surface area contributed by atoms with Crippen LogP contribution in [0, 0.1) is 5.92 Å². The lowest BCUT2D eigenvalue weighted by Gasteiger charge is -2.43. The van der Waals surface area contributed by atoms with Gasteiger partial charge in [-0.15, -0.1) is 0 Å². The average molecular weight is 644 g/mol. The molecule has 1 aliphatic heterocycles. The number of hydrogen-bond donors (Lipinski definition) is 4. The summed E-state index contributed by atoms with van der Waals surface area (Å²) in [5.74, 6) is -2.45. The fourth-order valence-corrected chi connectivity index (χ4v) is 5.44. The van der Waals surface area contributed by atoms with Crippen LogP contribution in [-0.2, 0) is 21.7 Å². The first-order valence-corrected chi connectivity index (χ1v) is 14.6. The van der Waals surface area contributed by atoms with Gasteiger partial charge in [-0.1, -0.05) is 73.4 Å². The van der Waals surface area contributed by atoms with E-state index < -0.39 is 41.7 Å². The van der Waals surface area contributed by atoms with E-state index in [1.165, 1.54) is 29.3 Å². The minimum absolute atomic E-state index is 0.0106. The van der Waals surface area contributed by atoms with Crippen LogP contribution in [-0.4, -0.2) is 62.5 Å². The summed E-state index contributed by atoms with van der Waals surface area (Å²) in [5.41, 5.74) is -0.575. The molecule has 0 saturated carbocycles. The molecule has 2 heterocycles. The zero-order valence-corrected chi connectivity index (χ0v) is 25.6. The largest absolute Gasteiger partial charge is 0.480 e. The van der Waals surface area contributed by atoms with Gasteiger partial charge in [0.05, 0.1) is 27.7 Å². The molecule has 0 aliphatic carbocycles. The number of nitrogens with one attached hydrogen (secondary N) is 3. The number of carboxylic acids is 1. The SMILES string of the molecule is CC(C)C(=O)NC1(c2ccccc2)CCN(C(=O)N[C@@H](Cn2ccc(NC(=O)c3c(Cl)cccc3Cl)nc2=O)C(=O)O)CC1. The van der Waals surface area contributed by atoms with Crippen LogP contribution in [0.5, 0.6) is 0 Å². The summed E-state index contributed by atoms with van der Waals surface area (Å²) < 4.78 is 1.01. The number of urea groups is 1. The summed E-state index contributed by atoms with van der Waals surface area (Å²) in [6, 6.07) is 13.3. The molecule has 0 unspecified atom stereocenters. The number of likely N-dealkylation sites (tertiary alicyclic amines) is 1. The molecule has 1 aliphatic rings. The molecule has 1 aromatic heterocycles. The lowest BCUT2D eigenvalue weighted by atomic mass is 9.80. The number of carboxylic acid groups (broad SMARTS) is 1.